The van der Waals surface area contributed by atoms with Gasteiger partial charge in [-0.05, 0) is 0 Å². The molecule has 0 aromatic rings. The highest BCUT2D eigenvalue weighted by Gasteiger charge is 2.00. The smallest absolute Gasteiger partial charge is 0.466 e. The van der Waals surface area contributed by atoms with Gasteiger partial charge in [-0.1, -0.05) is 20.4 Å². The average Bonchev–Trinajstić information content (AvgIpc) is 1.77. The van der Waals surface area contributed by atoms with Gasteiger partial charge in [0.25, 0.3) is 0 Å². The van der Waals surface area contributed by atoms with Crippen molar-refractivity contribution in [1.29, 1.82) is 0 Å². The summed E-state index contributed by atoms with van der Waals surface area (Å²) < 4.78 is 17.8. The maximum Gasteiger partial charge on any atom is 0.466 e. The van der Waals surface area contributed by atoms with Gasteiger partial charge in [0.15, 0.2) is 0 Å². The minimum Gasteiger partial charge on any atom is -0.513 e. The van der Waals surface area contributed by atoms with E-state index in [1.54, 1.807) is 0 Å². The minimum atomic E-state index is -4.64. The van der Waals surface area contributed by atoms with Crippen LogP contribution < -0.4 is 0 Å². The third-order valence-electron chi connectivity index (χ3n) is 0.666. The predicted octanol–water partition coefficient (Wildman–Crippen LogP) is -0.143. The zero-order valence-corrected chi connectivity index (χ0v) is 10.4. The lowest BCUT2D eigenvalue weighted by atomic mass is 10.2. The number of allylic oxidation sites excluding steroid dienone is 1. The van der Waals surface area contributed by atoms with Crippen LogP contribution in [0.5, 0.6) is 0 Å². The van der Waals surface area contributed by atoms with Crippen LogP contribution in [0.2, 0.25) is 0 Å². The van der Waals surface area contributed by atoms with E-state index < -0.39 is 15.6 Å². The molecule has 0 aliphatic heterocycles. The zero-order chi connectivity index (χ0) is 14.2. The summed E-state index contributed by atoms with van der Waals surface area (Å²) in [6.07, 6.45) is 0. The van der Waals surface area contributed by atoms with Gasteiger partial charge in [-0.25, -0.2) is 9.13 Å². The van der Waals surface area contributed by atoms with Crippen molar-refractivity contribution in [3.8, 4) is 0 Å². The highest BCUT2D eigenvalue weighted by atomic mass is 31.2. The molecule has 0 bridgehead atoms. The first kappa shape index (κ1) is 21.1. The van der Waals surface area contributed by atoms with Crippen LogP contribution in [0.1, 0.15) is 13.8 Å². The highest BCUT2D eigenvalue weighted by Crippen LogP contribution is 2.26. The molecule has 11 heteroatoms. The van der Waals surface area contributed by atoms with Gasteiger partial charge in [-0.15, -0.1) is 0 Å². The molecule has 0 unspecified atom stereocenters. The van der Waals surface area contributed by atoms with Gasteiger partial charge in [-0.2, -0.15) is 0 Å². The van der Waals surface area contributed by atoms with E-state index in [1.807, 2.05) is 13.8 Å². The first-order chi connectivity index (χ1) is 6.64. The molecular formula is C5H16O9P2. The highest BCUT2D eigenvalue weighted by molar-refractivity contribution is 7.45. The fourth-order valence-electron chi connectivity index (χ4n) is 0. The van der Waals surface area contributed by atoms with E-state index in [-0.39, 0.29) is 11.7 Å². The quantitative estimate of drug-likeness (QED) is 0.254. The fourth-order valence-corrected chi connectivity index (χ4v) is 0. The van der Waals surface area contributed by atoms with Crippen LogP contribution in [0.4, 0.5) is 0 Å². The molecule has 0 spiro atoms. The lowest BCUT2D eigenvalue weighted by molar-refractivity contribution is 0.272. The van der Waals surface area contributed by atoms with Gasteiger partial charge in [0.1, 0.15) is 0 Å². The summed E-state index contributed by atoms with van der Waals surface area (Å²) in [6, 6.07) is 0. The van der Waals surface area contributed by atoms with Crippen LogP contribution >= 0.6 is 15.6 Å². The summed E-state index contributed by atoms with van der Waals surface area (Å²) in [5.74, 6) is 0.472. The van der Waals surface area contributed by atoms with E-state index in [9.17, 15) is 0 Å². The molecule has 0 saturated carbocycles. The number of aliphatic hydroxyl groups is 1. The van der Waals surface area contributed by atoms with E-state index in [2.05, 4.69) is 6.58 Å². The molecule has 9 nitrogen and oxygen atoms in total. The van der Waals surface area contributed by atoms with Crippen LogP contribution in [0.15, 0.2) is 12.3 Å². The fraction of sp³-hybridized carbons (Fsp3) is 0.600. The monoisotopic (exact) mass is 282 g/mol. The Balaban J connectivity index is -0.000000160. The van der Waals surface area contributed by atoms with Crippen molar-refractivity contribution in [3.05, 3.63) is 12.3 Å². The summed E-state index contributed by atoms with van der Waals surface area (Å²) in [5.41, 5.74) is 0. The lowest BCUT2D eigenvalue weighted by Crippen LogP contribution is -1.87. The van der Waals surface area contributed by atoms with Crippen molar-refractivity contribution in [2.75, 3.05) is 0 Å². The van der Waals surface area contributed by atoms with E-state index in [1.165, 1.54) is 0 Å². The number of phosphoric acid groups is 2. The lowest BCUT2D eigenvalue weighted by Gasteiger charge is -1.96. The molecule has 0 atom stereocenters. The van der Waals surface area contributed by atoms with Gasteiger partial charge >= 0.3 is 15.6 Å². The minimum absolute atomic E-state index is 0.213. The molecule has 0 saturated heterocycles. The molecule has 16 heavy (non-hydrogen) atoms. The van der Waals surface area contributed by atoms with Crippen molar-refractivity contribution in [2.45, 2.75) is 13.8 Å². The topological polar surface area (TPSA) is 176 Å². The van der Waals surface area contributed by atoms with Crippen molar-refractivity contribution < 1.29 is 43.6 Å². The van der Waals surface area contributed by atoms with Crippen molar-refractivity contribution in [1.82, 2.24) is 0 Å². The number of hydrogen-bond acceptors (Lipinski definition) is 3. The van der Waals surface area contributed by atoms with E-state index in [4.69, 9.17) is 43.6 Å². The Labute approximate surface area is 92.2 Å². The van der Waals surface area contributed by atoms with E-state index >= 15 is 0 Å². The third-order valence-corrected chi connectivity index (χ3v) is 0.666. The summed E-state index contributed by atoms with van der Waals surface area (Å²) in [4.78, 5) is 43.1. The average molecular weight is 282 g/mol. The predicted molar refractivity (Wildman–Crippen MR) is 55.1 cm³/mol. The Hall–Kier alpha value is -0.240. The molecule has 0 aromatic carbocycles. The second-order valence-electron chi connectivity index (χ2n) is 2.67. The first-order valence-electron chi connectivity index (χ1n) is 3.59. The molecule has 0 rings (SSSR count). The molecule has 0 radical (unpaired) electrons. The molecule has 0 aliphatic carbocycles. The molecular weight excluding hydrogens is 266 g/mol. The Bertz CT molecular complexity index is 237. The molecule has 100 valence electrons. The number of rotatable bonds is 1. The van der Waals surface area contributed by atoms with Crippen LogP contribution in [0, 0.1) is 5.92 Å². The summed E-state index contributed by atoms with van der Waals surface area (Å²) >= 11 is 0. The molecule has 0 fully saturated rings. The first-order valence-corrected chi connectivity index (χ1v) is 6.72. The molecule has 0 aliphatic rings. The molecule has 0 heterocycles. The second-order valence-corrected chi connectivity index (χ2v) is 4.73. The normalized spacial score (nSPS) is 10.8. The van der Waals surface area contributed by atoms with Gasteiger partial charge in [0.05, 0.1) is 5.76 Å². The Morgan fingerprint density at radius 3 is 1.00 bits per heavy atom. The van der Waals surface area contributed by atoms with E-state index in [0.29, 0.717) is 0 Å². The summed E-state index contributed by atoms with van der Waals surface area (Å²) in [7, 11) is -9.28. The van der Waals surface area contributed by atoms with Crippen LogP contribution in [-0.4, -0.2) is 34.5 Å². The van der Waals surface area contributed by atoms with Crippen LogP contribution in [0.25, 0.3) is 0 Å². The Kier molecular flexibility index (Phi) is 11.7. The third kappa shape index (κ3) is 158. The van der Waals surface area contributed by atoms with Gasteiger partial charge in [0, 0.05) is 5.92 Å². The standard InChI is InChI=1S/C5H10O.2H3O4P/c1-4(2)5(3)6;2*1-5(2,3)4/h4,6H,3H2,1-2H3;2*(H3,1,2,3,4). The summed E-state index contributed by atoms with van der Waals surface area (Å²) in [5, 5.41) is 8.44. The molecule has 0 amide bonds. The van der Waals surface area contributed by atoms with Crippen molar-refractivity contribution in [3.63, 3.8) is 0 Å². The van der Waals surface area contributed by atoms with Crippen molar-refractivity contribution >= 4 is 15.6 Å². The zero-order valence-electron chi connectivity index (χ0n) is 8.63. The van der Waals surface area contributed by atoms with Crippen molar-refractivity contribution in [2.24, 2.45) is 5.92 Å². The Morgan fingerprint density at radius 1 is 0.938 bits per heavy atom. The Morgan fingerprint density at radius 2 is 1.00 bits per heavy atom. The van der Waals surface area contributed by atoms with Crippen LogP contribution in [0.3, 0.4) is 0 Å². The van der Waals surface area contributed by atoms with Gasteiger partial charge in [0.2, 0.25) is 0 Å². The van der Waals surface area contributed by atoms with Crippen LogP contribution in [-0.2, 0) is 9.13 Å². The number of hydrogen-bond donors (Lipinski definition) is 7. The second kappa shape index (κ2) is 8.86. The van der Waals surface area contributed by atoms with Gasteiger partial charge < -0.3 is 34.5 Å². The molecule has 0 aromatic heterocycles. The maximum absolute atomic E-state index is 8.88. The molecule has 7 N–H and O–H groups in total. The SMILES string of the molecule is C=C(O)C(C)C.O=P(O)(O)O.O=P(O)(O)O. The van der Waals surface area contributed by atoms with E-state index in [0.717, 1.165) is 0 Å². The number of aliphatic hydroxyl groups excluding tert-OH is 1. The summed E-state index contributed by atoms with van der Waals surface area (Å²) in [6.45, 7) is 7.09. The van der Waals surface area contributed by atoms with Gasteiger partial charge in [-0.3, -0.25) is 0 Å². The largest absolute Gasteiger partial charge is 0.513 e. The maximum atomic E-state index is 8.88.